The number of pyridine rings is 1. The zero-order valence-corrected chi connectivity index (χ0v) is 16.5. The zero-order valence-electron chi connectivity index (χ0n) is 14.9. The normalized spacial score (nSPS) is 9.62. The van der Waals surface area contributed by atoms with Crippen LogP contribution in [-0.2, 0) is 16.0 Å². The first kappa shape index (κ1) is 24.1. The number of nitrogens with zero attached hydrogens (tertiary/aromatic N) is 1. The van der Waals surface area contributed by atoms with Crippen molar-refractivity contribution < 1.29 is 14.3 Å². The molecule has 1 aromatic heterocycles. The number of carbonyl (C=O) groups excluding carboxylic acids is 1. The smallest absolute Gasteiger partial charge is 0.238 e. The van der Waals surface area contributed by atoms with Gasteiger partial charge in [-0.25, -0.2) is 4.98 Å². The number of rotatable bonds is 9. The average Bonchev–Trinajstić information content (AvgIpc) is 2.61. The maximum atomic E-state index is 11.7. The molecule has 0 atom stereocenters. The van der Waals surface area contributed by atoms with Crippen LogP contribution in [0.2, 0.25) is 0 Å². The van der Waals surface area contributed by atoms with Crippen LogP contribution in [0.5, 0.6) is 11.6 Å². The second kappa shape index (κ2) is 13.4. The molecule has 2 N–H and O–H groups in total. The summed E-state index contributed by atoms with van der Waals surface area (Å²) in [7, 11) is 1.62. The van der Waals surface area contributed by atoms with E-state index in [9.17, 15) is 4.79 Å². The van der Waals surface area contributed by atoms with Gasteiger partial charge in [0.15, 0.2) is 0 Å². The minimum absolute atomic E-state index is 0. The Hall–Kier alpha value is -1.86. The van der Waals surface area contributed by atoms with Crippen molar-refractivity contribution in [3.63, 3.8) is 0 Å². The fourth-order valence-corrected chi connectivity index (χ4v) is 2.05. The van der Waals surface area contributed by atoms with E-state index in [2.05, 4.69) is 28.6 Å². The lowest BCUT2D eigenvalue weighted by Crippen LogP contribution is -2.30. The van der Waals surface area contributed by atoms with Crippen LogP contribution >= 0.6 is 24.8 Å². The summed E-state index contributed by atoms with van der Waals surface area (Å²) in [6.45, 7) is 3.52. The van der Waals surface area contributed by atoms with Gasteiger partial charge >= 0.3 is 0 Å². The van der Waals surface area contributed by atoms with Crippen LogP contribution in [0.25, 0.3) is 0 Å². The highest BCUT2D eigenvalue weighted by molar-refractivity contribution is 5.92. The third kappa shape index (κ3) is 8.49. The lowest BCUT2D eigenvalue weighted by molar-refractivity contribution is -0.115. The van der Waals surface area contributed by atoms with Gasteiger partial charge in [-0.3, -0.25) is 4.79 Å². The Morgan fingerprint density at radius 2 is 2.00 bits per heavy atom. The van der Waals surface area contributed by atoms with Crippen molar-refractivity contribution in [1.29, 1.82) is 0 Å². The van der Waals surface area contributed by atoms with Crippen LogP contribution in [0.3, 0.4) is 0 Å². The fraction of sp³-hybridized carbons (Fsp3) is 0.333. The fourth-order valence-electron chi connectivity index (χ4n) is 2.05. The van der Waals surface area contributed by atoms with Gasteiger partial charge in [0, 0.05) is 19.7 Å². The van der Waals surface area contributed by atoms with Crippen LogP contribution < -0.4 is 15.4 Å². The molecule has 0 saturated heterocycles. The molecule has 2 rings (SSSR count). The summed E-state index contributed by atoms with van der Waals surface area (Å²) in [6.07, 6.45) is 2.53. The molecule has 0 fully saturated rings. The molecule has 8 heteroatoms. The quantitative estimate of drug-likeness (QED) is 0.629. The predicted octanol–water partition coefficient (Wildman–Crippen LogP) is 3.45. The highest BCUT2D eigenvalue weighted by Crippen LogP contribution is 2.21. The Bertz CT molecular complexity index is 654. The van der Waals surface area contributed by atoms with Gasteiger partial charge in [-0.1, -0.05) is 19.1 Å². The van der Waals surface area contributed by atoms with Gasteiger partial charge in [-0.2, -0.15) is 0 Å². The van der Waals surface area contributed by atoms with E-state index in [0.29, 0.717) is 24.7 Å². The van der Waals surface area contributed by atoms with Crippen LogP contribution in [0, 0.1) is 0 Å². The van der Waals surface area contributed by atoms with Gasteiger partial charge in [-0.15, -0.1) is 24.8 Å². The first-order valence-electron chi connectivity index (χ1n) is 7.93. The molecule has 0 unspecified atom stereocenters. The maximum Gasteiger partial charge on any atom is 0.238 e. The summed E-state index contributed by atoms with van der Waals surface area (Å²) in [5.41, 5.74) is 1.83. The van der Waals surface area contributed by atoms with Crippen molar-refractivity contribution in [3.8, 4) is 11.6 Å². The second-order valence-electron chi connectivity index (χ2n) is 5.21. The number of anilines is 1. The number of benzene rings is 1. The largest absolute Gasteiger partial charge is 0.439 e. The van der Waals surface area contributed by atoms with Gasteiger partial charge < -0.3 is 20.1 Å². The Kier molecular flexibility index (Phi) is 12.4. The zero-order chi connectivity index (χ0) is 17.2. The number of aryl methyl sites for hydroxylation is 1. The first-order valence-corrected chi connectivity index (χ1v) is 7.93. The molecule has 1 aromatic carbocycles. The molecule has 26 heavy (non-hydrogen) atoms. The summed E-state index contributed by atoms with van der Waals surface area (Å²) in [4.78, 5) is 16.0. The molecular formula is C18H25Cl2N3O3. The number of halogens is 2. The molecule has 144 valence electrons. The summed E-state index contributed by atoms with van der Waals surface area (Å²) < 4.78 is 10.6. The second-order valence-corrected chi connectivity index (χ2v) is 5.21. The van der Waals surface area contributed by atoms with E-state index in [1.54, 1.807) is 25.4 Å². The molecule has 0 spiro atoms. The van der Waals surface area contributed by atoms with Crippen LogP contribution in [-0.4, -0.2) is 37.7 Å². The van der Waals surface area contributed by atoms with Crippen molar-refractivity contribution in [2.45, 2.75) is 13.3 Å². The first-order chi connectivity index (χ1) is 11.7. The topological polar surface area (TPSA) is 72.5 Å². The van der Waals surface area contributed by atoms with E-state index in [1.807, 2.05) is 18.2 Å². The van der Waals surface area contributed by atoms with Gasteiger partial charge in [-0.05, 0) is 30.2 Å². The molecule has 0 aliphatic carbocycles. The Labute approximate surface area is 166 Å². The summed E-state index contributed by atoms with van der Waals surface area (Å²) in [6, 6.07) is 11.4. The Morgan fingerprint density at radius 3 is 2.65 bits per heavy atom. The molecule has 1 amide bonds. The van der Waals surface area contributed by atoms with Crippen molar-refractivity contribution in [2.75, 3.05) is 32.1 Å². The number of methoxy groups -OCH3 is 1. The maximum absolute atomic E-state index is 11.7. The average molecular weight is 402 g/mol. The minimum Gasteiger partial charge on any atom is -0.439 e. The van der Waals surface area contributed by atoms with Crippen molar-refractivity contribution in [3.05, 3.63) is 48.2 Å². The molecule has 0 saturated carbocycles. The third-order valence-corrected chi connectivity index (χ3v) is 3.32. The number of nitrogens with one attached hydrogen (secondary N) is 2. The Balaban J connectivity index is 0.00000312. The van der Waals surface area contributed by atoms with Crippen LogP contribution in [0.4, 0.5) is 5.69 Å². The summed E-state index contributed by atoms with van der Waals surface area (Å²) in [5.74, 6) is 1.11. The van der Waals surface area contributed by atoms with E-state index in [-0.39, 0.29) is 37.3 Å². The lowest BCUT2D eigenvalue weighted by Gasteiger charge is -2.08. The number of hydrogen-bond acceptors (Lipinski definition) is 5. The van der Waals surface area contributed by atoms with E-state index in [0.717, 1.165) is 12.2 Å². The number of hydrogen-bond donors (Lipinski definition) is 2. The molecule has 0 aliphatic heterocycles. The van der Waals surface area contributed by atoms with E-state index in [4.69, 9.17) is 9.47 Å². The number of amides is 1. The van der Waals surface area contributed by atoms with Crippen molar-refractivity contribution in [1.82, 2.24) is 10.3 Å². The standard InChI is InChI=1S/C18H23N3O3.2ClH/c1-3-14-5-4-6-16(11-14)24-18-8-7-15(12-20-18)21-17(22)13-19-9-10-23-2;;/h4-8,11-12,19H,3,9-10,13H2,1-2H3,(H,21,22);2*1H. The molecule has 6 nitrogen and oxygen atoms in total. The summed E-state index contributed by atoms with van der Waals surface area (Å²) >= 11 is 0. The number of ether oxygens (including phenoxy) is 2. The molecule has 0 radical (unpaired) electrons. The monoisotopic (exact) mass is 401 g/mol. The van der Waals surface area contributed by atoms with Gasteiger partial charge in [0.05, 0.1) is 25.0 Å². The number of carbonyl (C=O) groups is 1. The van der Waals surface area contributed by atoms with Gasteiger partial charge in [0.2, 0.25) is 11.8 Å². The van der Waals surface area contributed by atoms with E-state index >= 15 is 0 Å². The highest BCUT2D eigenvalue weighted by Gasteiger charge is 2.04. The van der Waals surface area contributed by atoms with Gasteiger partial charge in [0.1, 0.15) is 5.75 Å². The highest BCUT2D eigenvalue weighted by atomic mass is 35.5. The van der Waals surface area contributed by atoms with E-state index < -0.39 is 0 Å². The molecule has 1 heterocycles. The van der Waals surface area contributed by atoms with Gasteiger partial charge in [0.25, 0.3) is 0 Å². The predicted molar refractivity (Wildman–Crippen MR) is 108 cm³/mol. The molecule has 2 aromatic rings. The number of aromatic nitrogens is 1. The third-order valence-electron chi connectivity index (χ3n) is 3.32. The lowest BCUT2D eigenvalue weighted by atomic mass is 10.2. The molecule has 0 bridgehead atoms. The van der Waals surface area contributed by atoms with E-state index in [1.165, 1.54) is 5.56 Å². The van der Waals surface area contributed by atoms with Crippen LogP contribution in [0.1, 0.15) is 12.5 Å². The Morgan fingerprint density at radius 1 is 1.19 bits per heavy atom. The SMILES string of the molecule is CCc1cccc(Oc2ccc(NC(=O)CNCCOC)cn2)c1.Cl.Cl. The minimum atomic E-state index is -0.128. The van der Waals surface area contributed by atoms with Crippen molar-refractivity contribution >= 4 is 36.4 Å². The molecular weight excluding hydrogens is 377 g/mol. The molecule has 0 aliphatic rings. The van der Waals surface area contributed by atoms with Crippen molar-refractivity contribution in [2.24, 2.45) is 0 Å². The van der Waals surface area contributed by atoms with Crippen LogP contribution in [0.15, 0.2) is 42.6 Å². The summed E-state index contributed by atoms with van der Waals surface area (Å²) in [5, 5.41) is 5.75.